The monoisotopic (exact) mass is 320 g/mol. The van der Waals surface area contributed by atoms with E-state index in [2.05, 4.69) is 15.2 Å². The van der Waals surface area contributed by atoms with Crippen LogP contribution in [0.25, 0.3) is 10.9 Å². The number of fused-ring (bicyclic) bond motifs is 1. The lowest BCUT2D eigenvalue weighted by Crippen LogP contribution is -2.35. The highest BCUT2D eigenvalue weighted by molar-refractivity contribution is 8.01. The molecule has 0 aliphatic rings. The number of rotatable bonds is 4. The zero-order valence-corrected chi connectivity index (χ0v) is 12.8. The molecular weight excluding hydrogens is 308 g/mol. The van der Waals surface area contributed by atoms with Crippen molar-refractivity contribution < 1.29 is 0 Å². The number of benzene rings is 1. The summed E-state index contributed by atoms with van der Waals surface area (Å²) in [5.74, 6) is 0.593. The van der Waals surface area contributed by atoms with Gasteiger partial charge in [-0.25, -0.2) is 4.79 Å². The van der Waals surface area contributed by atoms with Gasteiger partial charge >= 0.3 is 5.69 Å². The van der Waals surface area contributed by atoms with Gasteiger partial charge < -0.3 is 4.98 Å². The van der Waals surface area contributed by atoms with E-state index < -0.39 is 0 Å². The molecular formula is C13H12N4O2S2. The Bertz CT molecular complexity index is 897. The maximum absolute atomic E-state index is 12.3. The number of nitrogens with zero attached hydrogens (tertiary/aromatic N) is 3. The number of H-pyrrole nitrogens is 1. The molecule has 3 rings (SSSR count). The van der Waals surface area contributed by atoms with Crippen molar-refractivity contribution in [1.29, 1.82) is 0 Å². The van der Waals surface area contributed by atoms with Crippen molar-refractivity contribution in [1.82, 2.24) is 19.7 Å². The molecule has 0 radical (unpaired) electrons. The normalized spacial score (nSPS) is 11.1. The van der Waals surface area contributed by atoms with Gasteiger partial charge in [0.2, 0.25) is 0 Å². The molecule has 6 nitrogen and oxygen atoms in total. The standard InChI is InChI=1S/C13H12N4O2S2/c1-8-15-16-13(21-8)20-7-6-17-11(18)9-4-2-3-5-10(9)14-12(17)19/h2-5H,6-7H2,1H3,(H,14,19). The molecule has 3 aromatic rings. The number of thioether (sulfide) groups is 1. The van der Waals surface area contributed by atoms with Crippen molar-refractivity contribution in [3.63, 3.8) is 0 Å². The van der Waals surface area contributed by atoms with Crippen LogP contribution in [0.5, 0.6) is 0 Å². The number of nitrogens with one attached hydrogen (secondary N) is 1. The molecule has 0 aliphatic heterocycles. The Morgan fingerprint density at radius 2 is 2.10 bits per heavy atom. The molecule has 0 aliphatic carbocycles. The largest absolute Gasteiger partial charge is 0.328 e. The van der Waals surface area contributed by atoms with Crippen molar-refractivity contribution >= 4 is 34.0 Å². The highest BCUT2D eigenvalue weighted by atomic mass is 32.2. The topological polar surface area (TPSA) is 80.6 Å². The fourth-order valence-electron chi connectivity index (χ4n) is 1.96. The fraction of sp³-hybridized carbons (Fsp3) is 0.231. The number of para-hydroxylation sites is 1. The van der Waals surface area contributed by atoms with Crippen molar-refractivity contribution in [2.45, 2.75) is 17.8 Å². The summed E-state index contributed by atoms with van der Waals surface area (Å²) >= 11 is 2.99. The lowest BCUT2D eigenvalue weighted by atomic mass is 10.2. The molecule has 0 atom stereocenters. The van der Waals surface area contributed by atoms with E-state index in [1.807, 2.05) is 6.92 Å². The third-order valence-corrected chi connectivity index (χ3v) is 4.89. The van der Waals surface area contributed by atoms with E-state index in [0.29, 0.717) is 23.2 Å². The second-order valence-electron chi connectivity index (χ2n) is 4.37. The highest BCUT2D eigenvalue weighted by Gasteiger charge is 2.08. The molecule has 2 heterocycles. The zero-order chi connectivity index (χ0) is 14.8. The first-order valence-corrected chi connectivity index (χ1v) is 8.10. The maximum Gasteiger partial charge on any atom is 0.328 e. The molecule has 0 bridgehead atoms. The van der Waals surface area contributed by atoms with Gasteiger partial charge in [-0.1, -0.05) is 35.2 Å². The highest BCUT2D eigenvalue weighted by Crippen LogP contribution is 2.21. The summed E-state index contributed by atoms with van der Waals surface area (Å²) in [6.07, 6.45) is 0. The molecule has 0 saturated heterocycles. The van der Waals surface area contributed by atoms with Crippen LogP contribution in [0.15, 0.2) is 38.2 Å². The van der Waals surface area contributed by atoms with Gasteiger partial charge in [0.1, 0.15) is 5.01 Å². The maximum atomic E-state index is 12.3. The number of hydrogen-bond acceptors (Lipinski definition) is 6. The summed E-state index contributed by atoms with van der Waals surface area (Å²) in [6, 6.07) is 7.01. The predicted octanol–water partition coefficient (Wildman–Crippen LogP) is 1.64. The number of aryl methyl sites for hydroxylation is 1. The quantitative estimate of drug-likeness (QED) is 0.739. The van der Waals surface area contributed by atoms with E-state index in [-0.39, 0.29) is 11.2 Å². The average molecular weight is 320 g/mol. The second kappa shape index (κ2) is 5.82. The molecule has 0 amide bonds. The van der Waals surface area contributed by atoms with Gasteiger partial charge in [0, 0.05) is 12.3 Å². The van der Waals surface area contributed by atoms with Gasteiger partial charge in [0.15, 0.2) is 4.34 Å². The molecule has 1 aromatic carbocycles. The van der Waals surface area contributed by atoms with Gasteiger partial charge in [0.25, 0.3) is 5.56 Å². The first-order chi connectivity index (χ1) is 10.1. The van der Waals surface area contributed by atoms with E-state index in [9.17, 15) is 9.59 Å². The second-order valence-corrected chi connectivity index (χ2v) is 6.89. The van der Waals surface area contributed by atoms with Crippen LogP contribution in [0.3, 0.4) is 0 Å². The van der Waals surface area contributed by atoms with Crippen LogP contribution in [0.1, 0.15) is 5.01 Å². The van der Waals surface area contributed by atoms with E-state index in [4.69, 9.17) is 0 Å². The Morgan fingerprint density at radius 3 is 2.86 bits per heavy atom. The van der Waals surface area contributed by atoms with E-state index in [1.54, 1.807) is 24.3 Å². The summed E-state index contributed by atoms with van der Waals surface area (Å²) < 4.78 is 2.07. The average Bonchev–Trinajstić information content (AvgIpc) is 2.88. The fourth-order valence-corrected chi connectivity index (χ4v) is 3.77. The number of aromatic amines is 1. The molecule has 21 heavy (non-hydrogen) atoms. The Kier molecular flexibility index (Phi) is 3.89. The van der Waals surface area contributed by atoms with Crippen LogP contribution in [0, 0.1) is 6.92 Å². The molecule has 0 fully saturated rings. The summed E-state index contributed by atoms with van der Waals surface area (Å²) in [5, 5.41) is 9.35. The molecule has 108 valence electrons. The summed E-state index contributed by atoms with van der Waals surface area (Å²) in [7, 11) is 0. The number of aromatic nitrogens is 4. The smallest absolute Gasteiger partial charge is 0.307 e. The molecule has 0 unspecified atom stereocenters. The summed E-state index contributed by atoms with van der Waals surface area (Å²) in [4.78, 5) is 27.0. The van der Waals surface area contributed by atoms with E-state index >= 15 is 0 Å². The Balaban J connectivity index is 1.84. The summed E-state index contributed by atoms with van der Waals surface area (Å²) in [6.45, 7) is 2.22. The molecule has 0 saturated carbocycles. The van der Waals surface area contributed by atoms with Crippen molar-refractivity contribution in [3.8, 4) is 0 Å². The van der Waals surface area contributed by atoms with Gasteiger partial charge in [-0.05, 0) is 19.1 Å². The molecule has 0 spiro atoms. The van der Waals surface area contributed by atoms with Crippen LogP contribution in [0.4, 0.5) is 0 Å². The predicted molar refractivity (Wildman–Crippen MR) is 84.2 cm³/mol. The van der Waals surface area contributed by atoms with E-state index in [0.717, 1.165) is 9.35 Å². The minimum Gasteiger partial charge on any atom is -0.307 e. The SMILES string of the molecule is Cc1nnc(SCCn2c(=O)[nH]c3ccccc3c2=O)s1. The first kappa shape index (κ1) is 14.0. The van der Waals surface area contributed by atoms with Crippen molar-refractivity contribution in [2.75, 3.05) is 5.75 Å². The Hall–Kier alpha value is -1.93. The molecule has 1 N–H and O–H groups in total. The number of hydrogen-bond donors (Lipinski definition) is 1. The van der Waals surface area contributed by atoms with Crippen LogP contribution in [-0.2, 0) is 6.54 Å². The lowest BCUT2D eigenvalue weighted by molar-refractivity contribution is 0.690. The lowest BCUT2D eigenvalue weighted by Gasteiger charge is -2.05. The van der Waals surface area contributed by atoms with E-state index in [1.165, 1.54) is 27.7 Å². The molecule has 8 heteroatoms. The Labute approximate surface area is 127 Å². The van der Waals surface area contributed by atoms with Crippen molar-refractivity contribution in [2.24, 2.45) is 0 Å². The van der Waals surface area contributed by atoms with Gasteiger partial charge in [-0.15, -0.1) is 10.2 Å². The van der Waals surface area contributed by atoms with Crippen LogP contribution in [0.2, 0.25) is 0 Å². The van der Waals surface area contributed by atoms with Crippen molar-refractivity contribution in [3.05, 3.63) is 50.1 Å². The Morgan fingerprint density at radius 1 is 1.29 bits per heavy atom. The third kappa shape index (κ3) is 2.91. The summed E-state index contributed by atoms with van der Waals surface area (Å²) in [5.41, 5.74) is -0.0766. The molecule has 2 aromatic heterocycles. The minimum atomic E-state index is -0.382. The minimum absolute atomic E-state index is 0.261. The van der Waals surface area contributed by atoms with Gasteiger partial charge in [-0.2, -0.15) is 0 Å². The first-order valence-electron chi connectivity index (χ1n) is 6.30. The van der Waals surface area contributed by atoms with Crippen LogP contribution >= 0.6 is 23.1 Å². The van der Waals surface area contributed by atoms with Crippen LogP contribution < -0.4 is 11.2 Å². The van der Waals surface area contributed by atoms with Crippen LogP contribution in [-0.4, -0.2) is 25.5 Å². The van der Waals surface area contributed by atoms with Gasteiger partial charge in [-0.3, -0.25) is 9.36 Å². The third-order valence-electron chi connectivity index (χ3n) is 2.94. The van der Waals surface area contributed by atoms with Gasteiger partial charge in [0.05, 0.1) is 10.9 Å². The zero-order valence-electron chi connectivity index (χ0n) is 11.2.